The number of nitrogens with zero attached hydrogens (tertiary/aromatic N) is 1. The van der Waals surface area contributed by atoms with Crippen LogP contribution in [0, 0.1) is 5.92 Å². The monoisotopic (exact) mass is 405 g/mol. The van der Waals surface area contributed by atoms with E-state index in [0.717, 1.165) is 44.6 Å². The van der Waals surface area contributed by atoms with Crippen LogP contribution in [0.25, 0.3) is 0 Å². The molecule has 3 heteroatoms. The number of ether oxygens (including phenoxy) is 1. The van der Waals surface area contributed by atoms with Crippen LogP contribution in [0.3, 0.4) is 0 Å². The predicted molar refractivity (Wildman–Crippen MR) is 122 cm³/mol. The zero-order valence-corrected chi connectivity index (χ0v) is 18.3. The Morgan fingerprint density at radius 3 is 2.27 bits per heavy atom. The smallest absolute Gasteiger partial charge is 0.166 e. The summed E-state index contributed by atoms with van der Waals surface area (Å²) in [4.78, 5) is 15.8. The molecule has 2 bridgehead atoms. The topological polar surface area (TPSA) is 29.5 Å². The molecule has 0 amide bonds. The molecule has 0 spiro atoms. The standard InChI is InChI=1S/C27H35NO2/c1-2-3-4-6-9-21-12-14-23(15-13-21)27(29)24-16-25-19-30-20-26(17-24)28(25)18-22-10-7-5-8-11-22/h5,7-8,10-15,24-26H,2-4,6,9,16-20H2,1H3. The molecule has 2 fully saturated rings. The number of hydrogen-bond donors (Lipinski definition) is 0. The SMILES string of the molecule is CCCCCCc1ccc(C(=O)C2CC3COCC(C2)N3Cc2ccccc2)cc1. The van der Waals surface area contributed by atoms with Crippen molar-refractivity contribution in [3.8, 4) is 0 Å². The molecule has 2 atom stereocenters. The first-order chi connectivity index (χ1) is 14.7. The van der Waals surface area contributed by atoms with Gasteiger partial charge in [-0.3, -0.25) is 9.69 Å². The summed E-state index contributed by atoms with van der Waals surface area (Å²) in [5.74, 6) is 0.440. The second kappa shape index (κ2) is 10.4. The molecular weight excluding hydrogens is 370 g/mol. The minimum atomic E-state index is 0.117. The van der Waals surface area contributed by atoms with Crippen molar-refractivity contribution in [1.82, 2.24) is 4.90 Å². The second-order valence-corrected chi connectivity index (χ2v) is 9.04. The maximum Gasteiger partial charge on any atom is 0.166 e. The molecule has 0 saturated carbocycles. The van der Waals surface area contributed by atoms with Crippen LogP contribution in [0.4, 0.5) is 0 Å². The number of carbonyl (C=O) groups is 1. The number of Topliss-reactive ketones (excluding diaryl/α,β-unsaturated/α-hetero) is 1. The van der Waals surface area contributed by atoms with Crippen LogP contribution in [-0.2, 0) is 17.7 Å². The Labute approximate surface area is 181 Å². The summed E-state index contributed by atoms with van der Waals surface area (Å²) in [7, 11) is 0. The van der Waals surface area contributed by atoms with E-state index in [1.54, 1.807) is 0 Å². The van der Waals surface area contributed by atoms with Gasteiger partial charge in [-0.25, -0.2) is 0 Å². The normalized spacial score (nSPS) is 24.0. The first kappa shape index (κ1) is 21.3. The third-order valence-electron chi connectivity index (χ3n) is 6.81. The molecule has 2 aliphatic rings. The molecule has 0 N–H and O–H groups in total. The Kier molecular flexibility index (Phi) is 7.35. The summed E-state index contributed by atoms with van der Waals surface area (Å²) in [6, 6.07) is 19.8. The molecule has 2 unspecified atom stereocenters. The predicted octanol–water partition coefficient (Wildman–Crippen LogP) is 5.67. The summed E-state index contributed by atoms with van der Waals surface area (Å²) in [6.07, 6.45) is 8.04. The molecule has 2 aliphatic heterocycles. The van der Waals surface area contributed by atoms with Gasteiger partial charge in [-0.15, -0.1) is 0 Å². The van der Waals surface area contributed by atoms with Crippen molar-refractivity contribution in [3.63, 3.8) is 0 Å². The van der Waals surface area contributed by atoms with E-state index in [9.17, 15) is 4.79 Å². The van der Waals surface area contributed by atoms with Gasteiger partial charge in [-0.1, -0.05) is 80.8 Å². The van der Waals surface area contributed by atoms with E-state index >= 15 is 0 Å². The van der Waals surface area contributed by atoms with Crippen LogP contribution in [0.5, 0.6) is 0 Å². The van der Waals surface area contributed by atoms with Crippen molar-refractivity contribution >= 4 is 5.78 Å². The largest absolute Gasteiger partial charge is 0.378 e. The summed E-state index contributed by atoms with van der Waals surface area (Å²) in [5.41, 5.74) is 3.58. The third-order valence-corrected chi connectivity index (χ3v) is 6.81. The zero-order valence-electron chi connectivity index (χ0n) is 18.3. The highest BCUT2D eigenvalue weighted by Gasteiger charge is 2.41. The van der Waals surface area contributed by atoms with E-state index in [4.69, 9.17) is 4.74 Å². The van der Waals surface area contributed by atoms with Crippen LogP contribution in [-0.4, -0.2) is 36.0 Å². The number of ketones is 1. The fourth-order valence-corrected chi connectivity index (χ4v) is 5.08. The maximum absolute atomic E-state index is 13.2. The van der Waals surface area contributed by atoms with Gasteiger partial charge in [0.1, 0.15) is 0 Å². The van der Waals surface area contributed by atoms with Gasteiger partial charge < -0.3 is 4.74 Å². The fourth-order valence-electron chi connectivity index (χ4n) is 5.08. The summed E-state index contributed by atoms with van der Waals surface area (Å²) >= 11 is 0. The molecule has 0 aliphatic carbocycles. The highest BCUT2D eigenvalue weighted by Crippen LogP contribution is 2.34. The first-order valence-corrected chi connectivity index (χ1v) is 11.7. The lowest BCUT2D eigenvalue weighted by atomic mass is 9.80. The number of piperidine rings is 1. The van der Waals surface area contributed by atoms with Gasteiger partial charge in [0, 0.05) is 30.1 Å². The molecule has 2 aromatic rings. The molecule has 4 rings (SSSR count). The average Bonchev–Trinajstić information content (AvgIpc) is 2.77. The quantitative estimate of drug-likeness (QED) is 0.397. The summed E-state index contributed by atoms with van der Waals surface area (Å²) < 4.78 is 5.86. The average molecular weight is 406 g/mol. The van der Waals surface area contributed by atoms with Crippen molar-refractivity contribution in [3.05, 3.63) is 71.3 Å². The maximum atomic E-state index is 13.2. The van der Waals surface area contributed by atoms with E-state index in [2.05, 4.69) is 66.4 Å². The Hall–Kier alpha value is -1.97. The number of aryl methyl sites for hydroxylation is 1. The summed E-state index contributed by atoms with van der Waals surface area (Å²) in [5, 5.41) is 0. The van der Waals surface area contributed by atoms with Crippen LogP contribution < -0.4 is 0 Å². The van der Waals surface area contributed by atoms with Crippen LogP contribution in [0.2, 0.25) is 0 Å². The van der Waals surface area contributed by atoms with E-state index in [0.29, 0.717) is 17.9 Å². The van der Waals surface area contributed by atoms with Gasteiger partial charge in [0.15, 0.2) is 5.78 Å². The minimum absolute atomic E-state index is 0.117. The lowest BCUT2D eigenvalue weighted by molar-refractivity contribution is -0.0872. The Bertz CT molecular complexity index is 787. The van der Waals surface area contributed by atoms with Crippen LogP contribution >= 0.6 is 0 Å². The van der Waals surface area contributed by atoms with Gasteiger partial charge in [-0.05, 0) is 36.8 Å². The van der Waals surface area contributed by atoms with Crippen LogP contribution in [0.15, 0.2) is 54.6 Å². The van der Waals surface area contributed by atoms with Crippen molar-refractivity contribution in [2.75, 3.05) is 13.2 Å². The molecule has 0 aromatic heterocycles. The lowest BCUT2D eigenvalue weighted by Gasteiger charge is -2.48. The Morgan fingerprint density at radius 1 is 0.900 bits per heavy atom. The third kappa shape index (κ3) is 5.19. The number of hydrogen-bond acceptors (Lipinski definition) is 3. The number of fused-ring (bicyclic) bond motifs is 2. The van der Waals surface area contributed by atoms with Gasteiger partial charge in [-0.2, -0.15) is 0 Å². The van der Waals surface area contributed by atoms with Crippen molar-refractivity contribution in [1.29, 1.82) is 0 Å². The van der Waals surface area contributed by atoms with Crippen LogP contribution in [0.1, 0.15) is 66.9 Å². The Balaban J connectivity index is 1.36. The lowest BCUT2D eigenvalue weighted by Crippen LogP contribution is -2.57. The zero-order chi connectivity index (χ0) is 20.8. The summed E-state index contributed by atoms with van der Waals surface area (Å²) in [6.45, 7) is 4.67. The van der Waals surface area contributed by atoms with E-state index in [1.165, 1.54) is 36.8 Å². The van der Waals surface area contributed by atoms with Crippen molar-refractivity contribution in [2.24, 2.45) is 5.92 Å². The molecule has 160 valence electrons. The number of unbranched alkanes of at least 4 members (excludes halogenated alkanes) is 3. The minimum Gasteiger partial charge on any atom is -0.378 e. The number of rotatable bonds is 9. The van der Waals surface area contributed by atoms with Gasteiger partial charge in [0.2, 0.25) is 0 Å². The molecule has 30 heavy (non-hydrogen) atoms. The highest BCUT2D eigenvalue weighted by molar-refractivity contribution is 5.98. The van der Waals surface area contributed by atoms with E-state index in [1.807, 2.05) is 0 Å². The Morgan fingerprint density at radius 2 is 1.60 bits per heavy atom. The van der Waals surface area contributed by atoms with Crippen molar-refractivity contribution < 1.29 is 9.53 Å². The first-order valence-electron chi connectivity index (χ1n) is 11.7. The van der Waals surface area contributed by atoms with Gasteiger partial charge in [0.05, 0.1) is 13.2 Å². The van der Waals surface area contributed by atoms with E-state index < -0.39 is 0 Å². The molecule has 2 aromatic carbocycles. The highest BCUT2D eigenvalue weighted by atomic mass is 16.5. The number of benzene rings is 2. The second-order valence-electron chi connectivity index (χ2n) is 9.04. The van der Waals surface area contributed by atoms with Crippen molar-refractivity contribution in [2.45, 2.75) is 70.5 Å². The number of carbonyl (C=O) groups excluding carboxylic acids is 1. The molecule has 0 radical (unpaired) electrons. The molecule has 3 nitrogen and oxygen atoms in total. The number of morpholine rings is 1. The van der Waals surface area contributed by atoms with Gasteiger partial charge >= 0.3 is 0 Å². The molecular formula is C27H35NO2. The fraction of sp³-hybridized carbons (Fsp3) is 0.519. The molecule has 2 saturated heterocycles. The van der Waals surface area contributed by atoms with E-state index in [-0.39, 0.29) is 5.92 Å². The van der Waals surface area contributed by atoms with Gasteiger partial charge in [0.25, 0.3) is 0 Å². The molecule has 2 heterocycles.